The lowest BCUT2D eigenvalue weighted by Gasteiger charge is -2.14. The van der Waals surface area contributed by atoms with Gasteiger partial charge >= 0.3 is 6.36 Å². The van der Waals surface area contributed by atoms with E-state index >= 15 is 0 Å². The van der Waals surface area contributed by atoms with E-state index in [1.54, 1.807) is 24.3 Å². The van der Waals surface area contributed by atoms with Crippen molar-refractivity contribution in [2.45, 2.75) is 19.2 Å². The van der Waals surface area contributed by atoms with Gasteiger partial charge in [-0.05, 0) is 54.4 Å². The largest absolute Gasteiger partial charge is 0.573 e. The predicted octanol–water partition coefficient (Wildman–Crippen LogP) is 4.36. The van der Waals surface area contributed by atoms with Gasteiger partial charge in [-0.3, -0.25) is 14.4 Å². The average molecular weight is 512 g/mol. The molecule has 1 amide bonds. The highest BCUT2D eigenvalue weighted by Crippen LogP contribution is 2.27. The first-order valence-corrected chi connectivity index (χ1v) is 11.2. The average Bonchev–Trinajstić information content (AvgIpc) is 3.58. The summed E-state index contributed by atoms with van der Waals surface area (Å²) in [6, 6.07) is 13.6. The van der Waals surface area contributed by atoms with E-state index in [0.29, 0.717) is 35.4 Å². The summed E-state index contributed by atoms with van der Waals surface area (Å²) < 4.78 is 46.3. The molecule has 0 spiro atoms. The molecule has 9 nitrogen and oxygen atoms in total. The Hall–Kier alpha value is -4.45. The first-order valence-electron chi connectivity index (χ1n) is 11.2. The zero-order valence-electron chi connectivity index (χ0n) is 19.1. The van der Waals surface area contributed by atoms with Crippen LogP contribution < -0.4 is 10.3 Å². The standard InChI is InChI=1S/C25H19F3N4O5/c26-25(27,28)36-20-7-5-16(6-8-20)21-30-23(37-31-21)19-13-18(22(33)29-14-19)12-15-3-1-4-17(11-15)24(34)32-9-2-10-35-32/h1,3-8,11,13-14H,2,9-10,12H2,(H,29,33). The van der Waals surface area contributed by atoms with Gasteiger partial charge in [-0.25, -0.2) is 5.06 Å². The molecule has 1 saturated heterocycles. The van der Waals surface area contributed by atoms with E-state index in [9.17, 15) is 22.8 Å². The molecule has 0 atom stereocenters. The van der Waals surface area contributed by atoms with Crippen molar-refractivity contribution in [2.75, 3.05) is 13.2 Å². The van der Waals surface area contributed by atoms with Crippen molar-refractivity contribution in [2.24, 2.45) is 0 Å². The van der Waals surface area contributed by atoms with Gasteiger partial charge in [0.15, 0.2) is 0 Å². The number of pyridine rings is 1. The van der Waals surface area contributed by atoms with Crippen LogP contribution in [0.5, 0.6) is 5.75 Å². The number of hydrogen-bond acceptors (Lipinski definition) is 7. The Kier molecular flexibility index (Phi) is 6.49. The molecule has 1 N–H and O–H groups in total. The summed E-state index contributed by atoms with van der Waals surface area (Å²) in [6.07, 6.45) is -2.34. The number of amides is 1. The van der Waals surface area contributed by atoms with E-state index in [2.05, 4.69) is 19.9 Å². The number of alkyl halides is 3. The van der Waals surface area contributed by atoms with Crippen LogP contribution in [0.15, 0.2) is 70.1 Å². The number of carbonyl (C=O) groups is 1. The molecular formula is C25H19F3N4O5. The molecule has 0 saturated carbocycles. The molecule has 5 rings (SSSR count). The summed E-state index contributed by atoms with van der Waals surface area (Å²) in [5.41, 5.74) is 2.16. The van der Waals surface area contributed by atoms with Crippen molar-refractivity contribution in [1.29, 1.82) is 0 Å². The van der Waals surface area contributed by atoms with Gasteiger partial charge in [-0.1, -0.05) is 17.3 Å². The molecule has 0 radical (unpaired) electrons. The lowest BCUT2D eigenvalue weighted by Crippen LogP contribution is -2.26. The van der Waals surface area contributed by atoms with Crippen LogP contribution in [0, 0.1) is 0 Å². The third kappa shape index (κ3) is 5.70. The maximum Gasteiger partial charge on any atom is 0.573 e. The molecule has 190 valence electrons. The first-order chi connectivity index (χ1) is 17.7. The van der Waals surface area contributed by atoms with Gasteiger partial charge in [0.1, 0.15) is 5.75 Å². The fourth-order valence-corrected chi connectivity index (χ4v) is 3.84. The van der Waals surface area contributed by atoms with Crippen molar-refractivity contribution < 1.29 is 32.1 Å². The van der Waals surface area contributed by atoms with Crippen molar-refractivity contribution >= 4 is 5.91 Å². The number of nitrogens with one attached hydrogen (secondary N) is 1. The highest BCUT2D eigenvalue weighted by Gasteiger charge is 2.31. The van der Waals surface area contributed by atoms with Crippen LogP contribution in [-0.4, -0.2) is 45.6 Å². The van der Waals surface area contributed by atoms with Gasteiger partial charge in [-0.2, -0.15) is 4.98 Å². The number of hydrogen-bond donors (Lipinski definition) is 1. The summed E-state index contributed by atoms with van der Waals surface area (Å²) in [6.45, 7) is 1.03. The number of benzene rings is 2. The van der Waals surface area contributed by atoms with Crippen LogP contribution in [0.1, 0.15) is 27.9 Å². The lowest BCUT2D eigenvalue weighted by molar-refractivity contribution is -0.274. The number of ether oxygens (including phenoxy) is 1. The van der Waals surface area contributed by atoms with E-state index in [0.717, 1.165) is 24.1 Å². The summed E-state index contributed by atoms with van der Waals surface area (Å²) in [5.74, 6) is -0.350. The minimum atomic E-state index is -4.79. The van der Waals surface area contributed by atoms with Gasteiger partial charge in [0.05, 0.1) is 18.7 Å². The van der Waals surface area contributed by atoms with Crippen LogP contribution >= 0.6 is 0 Å². The molecule has 0 unspecified atom stereocenters. The Morgan fingerprint density at radius 3 is 2.65 bits per heavy atom. The molecule has 1 fully saturated rings. The highest BCUT2D eigenvalue weighted by molar-refractivity contribution is 5.93. The Labute approximate surface area is 207 Å². The predicted molar refractivity (Wildman–Crippen MR) is 123 cm³/mol. The Bertz CT molecular complexity index is 1470. The maximum atomic E-state index is 12.6. The van der Waals surface area contributed by atoms with Gasteiger partial charge in [0.25, 0.3) is 17.4 Å². The van der Waals surface area contributed by atoms with Crippen LogP contribution in [0.4, 0.5) is 13.2 Å². The quantitative estimate of drug-likeness (QED) is 0.409. The molecule has 1 aliphatic rings. The number of halogens is 3. The Morgan fingerprint density at radius 1 is 1.11 bits per heavy atom. The van der Waals surface area contributed by atoms with E-state index in [1.165, 1.54) is 23.4 Å². The topological polar surface area (TPSA) is 111 Å². The second kappa shape index (κ2) is 9.90. The van der Waals surface area contributed by atoms with Crippen LogP contribution in [0.2, 0.25) is 0 Å². The fourth-order valence-electron chi connectivity index (χ4n) is 3.84. The first kappa shape index (κ1) is 24.3. The van der Waals surface area contributed by atoms with Crippen LogP contribution in [-0.2, 0) is 11.3 Å². The summed E-state index contributed by atoms with van der Waals surface area (Å²) in [4.78, 5) is 37.3. The highest BCUT2D eigenvalue weighted by atomic mass is 19.4. The Morgan fingerprint density at radius 2 is 1.92 bits per heavy atom. The lowest BCUT2D eigenvalue weighted by atomic mass is 10.0. The second-order valence-corrected chi connectivity index (χ2v) is 8.21. The number of aromatic nitrogens is 3. The van der Waals surface area contributed by atoms with E-state index in [1.807, 2.05) is 6.07 Å². The van der Waals surface area contributed by atoms with Gasteiger partial charge in [0, 0.05) is 29.3 Å². The second-order valence-electron chi connectivity index (χ2n) is 8.21. The molecule has 2 aromatic heterocycles. The third-order valence-corrected chi connectivity index (χ3v) is 5.55. The van der Waals surface area contributed by atoms with Gasteiger partial charge < -0.3 is 14.2 Å². The number of H-pyrrole nitrogens is 1. The molecule has 3 heterocycles. The van der Waals surface area contributed by atoms with E-state index in [4.69, 9.17) is 9.36 Å². The normalized spacial score (nSPS) is 13.6. The van der Waals surface area contributed by atoms with Crippen LogP contribution in [0.3, 0.4) is 0 Å². The maximum absolute atomic E-state index is 12.6. The number of aromatic amines is 1. The molecular weight excluding hydrogens is 493 g/mol. The fraction of sp³-hybridized carbons (Fsp3) is 0.200. The van der Waals surface area contributed by atoms with Crippen molar-refractivity contribution in [1.82, 2.24) is 20.2 Å². The molecule has 4 aromatic rings. The number of hydroxylamine groups is 2. The number of nitrogens with zero attached hydrogens (tertiary/aromatic N) is 3. The van der Waals surface area contributed by atoms with Gasteiger partial charge in [-0.15, -0.1) is 13.2 Å². The van der Waals surface area contributed by atoms with E-state index < -0.39 is 6.36 Å². The monoisotopic (exact) mass is 512 g/mol. The third-order valence-electron chi connectivity index (χ3n) is 5.55. The zero-order chi connectivity index (χ0) is 26.0. The van der Waals surface area contributed by atoms with Crippen molar-refractivity contribution in [3.8, 4) is 28.6 Å². The summed E-state index contributed by atoms with van der Waals surface area (Å²) >= 11 is 0. The van der Waals surface area contributed by atoms with E-state index in [-0.39, 0.29) is 35.4 Å². The minimum Gasteiger partial charge on any atom is -0.406 e. The molecule has 37 heavy (non-hydrogen) atoms. The molecule has 0 aliphatic carbocycles. The molecule has 1 aliphatic heterocycles. The SMILES string of the molecule is O=C(c1cccc(Cc2cc(-c3nc(-c4ccc(OC(F)(F)F)cc4)no3)c[nH]c2=O)c1)N1CCCO1. The Balaban J connectivity index is 1.34. The summed E-state index contributed by atoms with van der Waals surface area (Å²) in [7, 11) is 0. The van der Waals surface area contributed by atoms with Crippen molar-refractivity contribution in [3.63, 3.8) is 0 Å². The molecule has 0 bridgehead atoms. The van der Waals surface area contributed by atoms with Crippen LogP contribution in [0.25, 0.3) is 22.8 Å². The number of rotatable bonds is 6. The molecule has 12 heteroatoms. The summed E-state index contributed by atoms with van der Waals surface area (Å²) in [5, 5.41) is 5.21. The zero-order valence-corrected chi connectivity index (χ0v) is 19.1. The number of carbonyl (C=O) groups excluding carboxylic acids is 1. The smallest absolute Gasteiger partial charge is 0.406 e. The van der Waals surface area contributed by atoms with Gasteiger partial charge in [0.2, 0.25) is 5.82 Å². The van der Waals surface area contributed by atoms with Crippen molar-refractivity contribution in [3.05, 3.63) is 87.8 Å². The minimum absolute atomic E-state index is 0.109. The molecule has 2 aromatic carbocycles.